The molecule has 2 amide bonds. The van der Waals surface area contributed by atoms with Gasteiger partial charge in [-0.1, -0.05) is 0 Å². The summed E-state index contributed by atoms with van der Waals surface area (Å²) in [5.41, 5.74) is 2.47. The predicted molar refractivity (Wildman–Crippen MR) is 101 cm³/mol. The fourth-order valence-corrected chi connectivity index (χ4v) is 3.43. The zero-order valence-electron chi connectivity index (χ0n) is 15.5. The third-order valence-corrected chi connectivity index (χ3v) is 4.96. The number of furan rings is 1. The monoisotopic (exact) mass is 366 g/mol. The number of carbonyl (C=O) groups is 2. The standard InChI is InChI=1S/C20H22N4O3/c1-14(2)24-13-21-16-12-15(5-6-17(16)24)19(25)22-7-9-23(10-8-22)20(26)18-4-3-11-27-18/h3-6,11-14H,7-10H2,1-2H3. The van der Waals surface area contributed by atoms with Crippen molar-refractivity contribution in [3.63, 3.8) is 0 Å². The van der Waals surface area contributed by atoms with Crippen molar-refractivity contribution < 1.29 is 14.0 Å². The maximum Gasteiger partial charge on any atom is 0.289 e. The predicted octanol–water partition coefficient (Wildman–Crippen LogP) is 2.81. The molecule has 1 aliphatic heterocycles. The van der Waals surface area contributed by atoms with Crippen molar-refractivity contribution in [3.05, 3.63) is 54.2 Å². The molecule has 1 fully saturated rings. The Balaban J connectivity index is 1.45. The Morgan fingerprint density at radius 1 is 1.04 bits per heavy atom. The quantitative estimate of drug-likeness (QED) is 0.715. The Labute approximate surface area is 157 Å². The molecule has 1 saturated heterocycles. The summed E-state index contributed by atoms with van der Waals surface area (Å²) in [4.78, 5) is 33.1. The van der Waals surface area contributed by atoms with Crippen LogP contribution >= 0.6 is 0 Å². The average Bonchev–Trinajstić information content (AvgIpc) is 3.36. The van der Waals surface area contributed by atoms with Crippen LogP contribution in [0.15, 0.2) is 47.3 Å². The van der Waals surface area contributed by atoms with Gasteiger partial charge in [0, 0.05) is 37.8 Å². The van der Waals surface area contributed by atoms with Crippen LogP contribution in [0.2, 0.25) is 0 Å². The van der Waals surface area contributed by atoms with E-state index >= 15 is 0 Å². The van der Waals surface area contributed by atoms with Gasteiger partial charge in [0.1, 0.15) is 0 Å². The molecule has 3 aromatic rings. The molecule has 0 N–H and O–H groups in total. The number of nitrogens with zero attached hydrogens (tertiary/aromatic N) is 4. The van der Waals surface area contributed by atoms with Crippen molar-refractivity contribution in [2.24, 2.45) is 0 Å². The van der Waals surface area contributed by atoms with E-state index in [1.807, 2.05) is 24.5 Å². The number of fused-ring (bicyclic) bond motifs is 1. The molecule has 7 nitrogen and oxygen atoms in total. The number of benzene rings is 1. The molecule has 7 heteroatoms. The van der Waals surface area contributed by atoms with Crippen LogP contribution in [0.4, 0.5) is 0 Å². The third kappa shape index (κ3) is 3.20. The second-order valence-electron chi connectivity index (χ2n) is 7.01. The van der Waals surface area contributed by atoms with E-state index < -0.39 is 0 Å². The summed E-state index contributed by atoms with van der Waals surface area (Å²) in [6, 6.07) is 9.32. The van der Waals surface area contributed by atoms with Crippen molar-refractivity contribution in [2.75, 3.05) is 26.2 Å². The normalized spacial score (nSPS) is 14.9. The molecule has 0 atom stereocenters. The molecule has 2 aromatic heterocycles. The second-order valence-corrected chi connectivity index (χ2v) is 7.01. The van der Waals surface area contributed by atoms with E-state index in [0.29, 0.717) is 43.5 Å². The molecule has 4 rings (SSSR count). The molecule has 3 heterocycles. The first-order valence-electron chi connectivity index (χ1n) is 9.13. The summed E-state index contributed by atoms with van der Waals surface area (Å²) < 4.78 is 7.26. The Bertz CT molecular complexity index is 966. The highest BCUT2D eigenvalue weighted by molar-refractivity contribution is 5.97. The topological polar surface area (TPSA) is 71.6 Å². The molecular weight excluding hydrogens is 344 g/mol. The molecule has 0 bridgehead atoms. The number of hydrogen-bond acceptors (Lipinski definition) is 4. The fourth-order valence-electron chi connectivity index (χ4n) is 3.43. The number of amides is 2. The van der Waals surface area contributed by atoms with Gasteiger partial charge >= 0.3 is 0 Å². The maximum atomic E-state index is 12.9. The lowest BCUT2D eigenvalue weighted by atomic mass is 10.1. The van der Waals surface area contributed by atoms with Crippen molar-refractivity contribution in [1.82, 2.24) is 19.4 Å². The molecular formula is C20H22N4O3. The summed E-state index contributed by atoms with van der Waals surface area (Å²) in [5.74, 6) is 0.176. The number of piperazine rings is 1. The summed E-state index contributed by atoms with van der Waals surface area (Å²) in [6.07, 6.45) is 3.30. The van der Waals surface area contributed by atoms with Crippen LogP contribution in [-0.2, 0) is 0 Å². The molecule has 27 heavy (non-hydrogen) atoms. The zero-order valence-corrected chi connectivity index (χ0v) is 15.5. The first kappa shape index (κ1) is 17.3. The molecule has 0 spiro atoms. The van der Waals surface area contributed by atoms with Crippen molar-refractivity contribution in [2.45, 2.75) is 19.9 Å². The van der Waals surface area contributed by atoms with Gasteiger partial charge in [-0.3, -0.25) is 9.59 Å². The van der Waals surface area contributed by atoms with Crippen LogP contribution in [-0.4, -0.2) is 57.3 Å². The lowest BCUT2D eigenvalue weighted by Gasteiger charge is -2.34. The summed E-state index contributed by atoms with van der Waals surface area (Å²) >= 11 is 0. The van der Waals surface area contributed by atoms with Gasteiger partial charge in [-0.05, 0) is 44.2 Å². The number of hydrogen-bond donors (Lipinski definition) is 0. The molecule has 1 aliphatic rings. The molecule has 0 radical (unpaired) electrons. The first-order chi connectivity index (χ1) is 13.0. The largest absolute Gasteiger partial charge is 0.459 e. The van der Waals surface area contributed by atoms with Crippen LogP contribution in [0.3, 0.4) is 0 Å². The van der Waals surface area contributed by atoms with E-state index in [-0.39, 0.29) is 11.8 Å². The van der Waals surface area contributed by atoms with Gasteiger partial charge in [-0.15, -0.1) is 0 Å². The van der Waals surface area contributed by atoms with Crippen molar-refractivity contribution in [3.8, 4) is 0 Å². The summed E-state index contributed by atoms with van der Waals surface area (Å²) in [6.45, 7) is 6.20. The van der Waals surface area contributed by atoms with E-state index in [1.165, 1.54) is 6.26 Å². The summed E-state index contributed by atoms with van der Waals surface area (Å²) in [5, 5.41) is 0. The maximum absolute atomic E-state index is 12.9. The van der Waals surface area contributed by atoms with E-state index in [0.717, 1.165) is 11.0 Å². The van der Waals surface area contributed by atoms with Gasteiger partial charge in [-0.25, -0.2) is 4.98 Å². The van der Waals surface area contributed by atoms with Gasteiger partial charge in [0.2, 0.25) is 0 Å². The minimum Gasteiger partial charge on any atom is -0.459 e. The highest BCUT2D eigenvalue weighted by Crippen LogP contribution is 2.20. The molecule has 140 valence electrons. The Kier molecular flexibility index (Phi) is 4.43. The SMILES string of the molecule is CC(C)n1cnc2cc(C(=O)N3CCN(C(=O)c4ccco4)CC3)ccc21. The Morgan fingerprint density at radius 2 is 1.74 bits per heavy atom. The first-order valence-corrected chi connectivity index (χ1v) is 9.13. The van der Waals surface area contributed by atoms with Gasteiger partial charge < -0.3 is 18.8 Å². The van der Waals surface area contributed by atoms with Crippen LogP contribution in [0.5, 0.6) is 0 Å². The zero-order chi connectivity index (χ0) is 19.0. The van der Waals surface area contributed by atoms with Crippen molar-refractivity contribution >= 4 is 22.8 Å². The van der Waals surface area contributed by atoms with Crippen LogP contribution in [0.1, 0.15) is 40.8 Å². The van der Waals surface area contributed by atoms with E-state index in [9.17, 15) is 9.59 Å². The van der Waals surface area contributed by atoms with Crippen LogP contribution in [0.25, 0.3) is 11.0 Å². The van der Waals surface area contributed by atoms with E-state index in [2.05, 4.69) is 23.4 Å². The molecule has 1 aromatic carbocycles. The number of imidazole rings is 1. The number of rotatable bonds is 3. The lowest BCUT2D eigenvalue weighted by molar-refractivity contribution is 0.0518. The minimum atomic E-state index is -0.132. The smallest absolute Gasteiger partial charge is 0.289 e. The lowest BCUT2D eigenvalue weighted by Crippen LogP contribution is -2.50. The highest BCUT2D eigenvalue weighted by atomic mass is 16.3. The van der Waals surface area contributed by atoms with Crippen molar-refractivity contribution in [1.29, 1.82) is 0 Å². The molecule has 0 aliphatic carbocycles. The average molecular weight is 366 g/mol. The summed E-state index contributed by atoms with van der Waals surface area (Å²) in [7, 11) is 0. The van der Waals surface area contributed by atoms with E-state index in [1.54, 1.807) is 21.9 Å². The Morgan fingerprint density at radius 3 is 2.37 bits per heavy atom. The van der Waals surface area contributed by atoms with Gasteiger partial charge in [0.15, 0.2) is 5.76 Å². The molecule has 0 unspecified atom stereocenters. The fraction of sp³-hybridized carbons (Fsp3) is 0.350. The number of carbonyl (C=O) groups excluding carboxylic acids is 2. The van der Waals surface area contributed by atoms with Crippen LogP contribution in [0, 0.1) is 0 Å². The second kappa shape index (κ2) is 6.90. The Hall–Kier alpha value is -3.09. The van der Waals surface area contributed by atoms with Crippen LogP contribution < -0.4 is 0 Å². The number of aromatic nitrogens is 2. The third-order valence-electron chi connectivity index (χ3n) is 4.96. The van der Waals surface area contributed by atoms with E-state index in [4.69, 9.17) is 4.42 Å². The minimum absolute atomic E-state index is 0.0268. The van der Waals surface area contributed by atoms with Gasteiger partial charge in [0.05, 0.1) is 23.6 Å². The molecule has 0 saturated carbocycles. The highest BCUT2D eigenvalue weighted by Gasteiger charge is 2.26. The van der Waals surface area contributed by atoms with Gasteiger partial charge in [-0.2, -0.15) is 0 Å². The van der Waals surface area contributed by atoms with Gasteiger partial charge in [0.25, 0.3) is 11.8 Å².